The van der Waals surface area contributed by atoms with Gasteiger partial charge in [0.25, 0.3) is 11.8 Å². The van der Waals surface area contributed by atoms with E-state index >= 15 is 0 Å². The number of ether oxygens (including phenoxy) is 1. The Morgan fingerprint density at radius 2 is 1.70 bits per heavy atom. The van der Waals surface area contributed by atoms with Gasteiger partial charge in [-0.25, -0.2) is 18.0 Å². The van der Waals surface area contributed by atoms with E-state index in [2.05, 4.69) is 5.32 Å². The predicted molar refractivity (Wildman–Crippen MR) is 107 cm³/mol. The number of halogens is 2. The molecule has 0 radical (unpaired) electrons. The maximum Gasteiger partial charge on any atom is 0.344 e. The van der Waals surface area contributed by atoms with Crippen LogP contribution >= 0.6 is 0 Å². The Kier molecular flexibility index (Phi) is 6.44. The summed E-state index contributed by atoms with van der Waals surface area (Å²) >= 11 is 0. The van der Waals surface area contributed by atoms with Crippen LogP contribution in [0.1, 0.15) is 22.8 Å². The van der Waals surface area contributed by atoms with Crippen LogP contribution in [0.2, 0.25) is 0 Å². The second-order valence-corrected chi connectivity index (χ2v) is 8.92. The summed E-state index contributed by atoms with van der Waals surface area (Å²) in [5.41, 5.74) is 0.914. The van der Waals surface area contributed by atoms with E-state index in [0.29, 0.717) is 10.6 Å². The maximum absolute atomic E-state index is 12.7. The number of sulfone groups is 1. The first-order valence-electron chi connectivity index (χ1n) is 9.28. The summed E-state index contributed by atoms with van der Waals surface area (Å²) in [7, 11) is -4.82. The number of carbonyl (C=O) groups is 4. The Morgan fingerprint density at radius 3 is 2.27 bits per heavy atom. The van der Waals surface area contributed by atoms with Crippen LogP contribution in [-0.2, 0) is 29.7 Å². The van der Waals surface area contributed by atoms with Crippen LogP contribution in [0.3, 0.4) is 0 Å². The minimum Gasteiger partial charge on any atom is -0.452 e. The zero-order chi connectivity index (χ0) is 24.4. The second kappa shape index (κ2) is 8.94. The number of carbonyl (C=O) groups excluding carboxylic acids is 4. The number of rotatable bonds is 7. The largest absolute Gasteiger partial charge is 0.452 e. The van der Waals surface area contributed by atoms with Crippen molar-refractivity contribution in [3.63, 3.8) is 0 Å². The topological polar surface area (TPSA) is 139 Å². The Morgan fingerprint density at radius 1 is 1.09 bits per heavy atom. The summed E-state index contributed by atoms with van der Waals surface area (Å²) in [5, 5.41) is 2.95. The fourth-order valence-electron chi connectivity index (χ4n) is 2.96. The molecule has 2 aromatic carbocycles. The number of urea groups is 1. The van der Waals surface area contributed by atoms with Gasteiger partial charge in [0, 0.05) is 0 Å². The van der Waals surface area contributed by atoms with Crippen molar-refractivity contribution in [2.24, 2.45) is 0 Å². The minimum atomic E-state index is -4.82. The lowest BCUT2D eigenvalue weighted by Crippen LogP contribution is -2.49. The van der Waals surface area contributed by atoms with Crippen LogP contribution in [0.25, 0.3) is 0 Å². The zero-order valence-electron chi connectivity index (χ0n) is 16.9. The summed E-state index contributed by atoms with van der Waals surface area (Å²) in [6.45, 7) is 0.585. The third-order valence-electron chi connectivity index (χ3n) is 4.77. The number of nitrogens with zero attached hydrogens (tertiary/aromatic N) is 1. The average molecular weight is 481 g/mol. The molecule has 33 heavy (non-hydrogen) atoms. The molecule has 0 saturated carbocycles. The number of hydrogen-bond donors (Lipinski definition) is 2. The molecule has 3 rings (SSSR count). The van der Waals surface area contributed by atoms with Gasteiger partial charge >= 0.3 is 17.8 Å². The van der Waals surface area contributed by atoms with Crippen molar-refractivity contribution in [1.29, 1.82) is 0 Å². The molecule has 1 fully saturated rings. The first-order valence-corrected chi connectivity index (χ1v) is 10.8. The molecule has 1 aliphatic heterocycles. The molecular formula is C20H17F2N3O7S. The van der Waals surface area contributed by atoms with Crippen LogP contribution in [0.5, 0.6) is 0 Å². The van der Waals surface area contributed by atoms with Crippen LogP contribution < -0.4 is 10.7 Å². The summed E-state index contributed by atoms with van der Waals surface area (Å²) in [5.74, 6) is -6.43. The summed E-state index contributed by atoms with van der Waals surface area (Å²) < 4.78 is 52.7. The van der Waals surface area contributed by atoms with Gasteiger partial charge < -0.3 is 10.1 Å². The molecule has 0 aromatic heterocycles. The van der Waals surface area contributed by atoms with Gasteiger partial charge in [0.1, 0.15) is 5.54 Å². The molecule has 0 spiro atoms. The Hall–Kier alpha value is -3.87. The van der Waals surface area contributed by atoms with Crippen LogP contribution in [-0.4, -0.2) is 49.6 Å². The van der Waals surface area contributed by atoms with E-state index in [9.17, 15) is 36.4 Å². The standard InChI is InChI=1S/C20H17F2N3O7S/c1-20(13-5-3-2-4-6-13)17(28)25(19(29)23-20)24-15(26)11-32-16(27)12-7-9-14(10-8-12)33(30,31)18(21)22/h2-10,18H,11H2,1H3,(H,23,29)(H,24,26). The predicted octanol–water partition coefficient (Wildman–Crippen LogP) is 1.34. The lowest BCUT2D eigenvalue weighted by atomic mass is 9.92. The molecule has 13 heteroatoms. The van der Waals surface area contributed by atoms with E-state index in [-0.39, 0.29) is 5.56 Å². The van der Waals surface area contributed by atoms with Crippen molar-refractivity contribution < 1.29 is 41.1 Å². The smallest absolute Gasteiger partial charge is 0.344 e. The van der Waals surface area contributed by atoms with Crippen molar-refractivity contribution in [2.45, 2.75) is 23.1 Å². The summed E-state index contributed by atoms with van der Waals surface area (Å²) in [6.07, 6.45) is 0. The Labute approximate surface area is 186 Å². The van der Waals surface area contributed by atoms with E-state index in [1.807, 2.05) is 5.43 Å². The Balaban J connectivity index is 1.60. The number of hydrogen-bond acceptors (Lipinski definition) is 7. The fraction of sp³-hybridized carbons (Fsp3) is 0.200. The molecule has 174 valence electrons. The highest BCUT2D eigenvalue weighted by Gasteiger charge is 2.50. The molecule has 2 aromatic rings. The molecule has 2 N–H and O–H groups in total. The van der Waals surface area contributed by atoms with E-state index in [4.69, 9.17) is 4.74 Å². The van der Waals surface area contributed by atoms with E-state index in [1.54, 1.807) is 30.3 Å². The number of alkyl halides is 2. The molecule has 1 saturated heterocycles. The number of imide groups is 1. The SMILES string of the molecule is CC1(c2ccccc2)NC(=O)N(NC(=O)COC(=O)c2ccc(S(=O)(=O)C(F)F)cc2)C1=O. The van der Waals surface area contributed by atoms with Gasteiger partial charge in [-0.1, -0.05) is 30.3 Å². The van der Waals surface area contributed by atoms with Gasteiger partial charge in [0.15, 0.2) is 6.61 Å². The summed E-state index contributed by atoms with van der Waals surface area (Å²) in [6, 6.07) is 10.9. The zero-order valence-corrected chi connectivity index (χ0v) is 17.8. The molecule has 1 aliphatic rings. The van der Waals surface area contributed by atoms with Gasteiger partial charge in [-0.15, -0.1) is 0 Å². The molecule has 0 aliphatic carbocycles. The lowest BCUT2D eigenvalue weighted by Gasteiger charge is -2.22. The molecule has 1 atom stereocenters. The van der Waals surface area contributed by atoms with E-state index in [1.165, 1.54) is 6.92 Å². The molecule has 10 nitrogen and oxygen atoms in total. The third kappa shape index (κ3) is 4.67. The van der Waals surface area contributed by atoms with Crippen molar-refractivity contribution in [1.82, 2.24) is 15.8 Å². The van der Waals surface area contributed by atoms with Crippen molar-refractivity contribution in [2.75, 3.05) is 6.61 Å². The minimum absolute atomic E-state index is 0.206. The maximum atomic E-state index is 12.7. The van der Waals surface area contributed by atoms with Gasteiger partial charge in [0.05, 0.1) is 10.5 Å². The van der Waals surface area contributed by atoms with Crippen molar-refractivity contribution in [3.05, 3.63) is 65.7 Å². The number of hydrazine groups is 1. The van der Waals surface area contributed by atoms with Crippen molar-refractivity contribution in [3.8, 4) is 0 Å². The molecule has 1 heterocycles. The Bertz CT molecular complexity index is 1200. The monoisotopic (exact) mass is 481 g/mol. The molecule has 1 unspecified atom stereocenters. The van der Waals surface area contributed by atoms with Crippen LogP contribution in [0.15, 0.2) is 59.5 Å². The first-order chi connectivity index (χ1) is 15.5. The highest BCUT2D eigenvalue weighted by Crippen LogP contribution is 2.27. The van der Waals surface area contributed by atoms with Crippen molar-refractivity contribution >= 4 is 33.7 Å². The highest BCUT2D eigenvalue weighted by atomic mass is 32.2. The quantitative estimate of drug-likeness (QED) is 0.449. The van der Waals surface area contributed by atoms with E-state index < -0.39 is 56.5 Å². The number of nitrogens with one attached hydrogen (secondary N) is 2. The van der Waals surface area contributed by atoms with Crippen LogP contribution in [0, 0.1) is 0 Å². The molecular weight excluding hydrogens is 464 g/mol. The van der Waals surface area contributed by atoms with Gasteiger partial charge in [0.2, 0.25) is 9.84 Å². The molecule has 4 amide bonds. The fourth-order valence-corrected chi connectivity index (χ4v) is 3.68. The number of amides is 4. The molecule has 0 bridgehead atoms. The lowest BCUT2D eigenvalue weighted by molar-refractivity contribution is -0.140. The number of benzene rings is 2. The third-order valence-corrected chi connectivity index (χ3v) is 6.16. The average Bonchev–Trinajstić information content (AvgIpc) is 3.01. The number of esters is 1. The van der Waals surface area contributed by atoms with Gasteiger partial charge in [-0.3, -0.25) is 15.0 Å². The normalized spacial score (nSPS) is 18.2. The first kappa shape index (κ1) is 23.8. The highest BCUT2D eigenvalue weighted by molar-refractivity contribution is 7.91. The van der Waals surface area contributed by atoms with Gasteiger partial charge in [-0.2, -0.15) is 13.8 Å². The van der Waals surface area contributed by atoms with Crippen LogP contribution in [0.4, 0.5) is 13.6 Å². The van der Waals surface area contributed by atoms with Gasteiger partial charge in [-0.05, 0) is 36.8 Å². The second-order valence-electron chi connectivity index (χ2n) is 7.00. The summed E-state index contributed by atoms with van der Waals surface area (Å²) in [4.78, 5) is 48.4. The van der Waals surface area contributed by atoms with E-state index in [0.717, 1.165) is 24.3 Å².